The lowest BCUT2D eigenvalue weighted by Crippen LogP contribution is -2.61. The molecule has 0 aliphatic carbocycles. The van der Waals surface area contributed by atoms with E-state index in [9.17, 15) is 4.79 Å². The fourth-order valence-corrected chi connectivity index (χ4v) is 4.19. The van der Waals surface area contributed by atoms with Crippen LogP contribution in [0.2, 0.25) is 10.0 Å². The smallest absolute Gasteiger partial charge is 0.271 e. The lowest BCUT2D eigenvalue weighted by molar-refractivity contribution is -0.135. The Morgan fingerprint density at radius 3 is 2.26 bits per heavy atom. The van der Waals surface area contributed by atoms with Crippen molar-refractivity contribution in [2.45, 2.75) is 19.1 Å². The maximum absolute atomic E-state index is 13.2. The summed E-state index contributed by atoms with van der Waals surface area (Å²) in [5, 5.41) is 1.10. The Morgan fingerprint density at radius 2 is 1.58 bits per heavy atom. The zero-order valence-corrected chi connectivity index (χ0v) is 18.8. The van der Waals surface area contributed by atoms with Crippen molar-refractivity contribution in [1.29, 1.82) is 0 Å². The van der Waals surface area contributed by atoms with Crippen LogP contribution >= 0.6 is 23.2 Å². The van der Waals surface area contributed by atoms with Crippen molar-refractivity contribution < 1.29 is 19.0 Å². The Morgan fingerprint density at radius 1 is 0.871 bits per heavy atom. The molecule has 7 heteroatoms. The van der Waals surface area contributed by atoms with E-state index in [2.05, 4.69) is 0 Å². The summed E-state index contributed by atoms with van der Waals surface area (Å²) in [6, 6.07) is 17.7. The van der Waals surface area contributed by atoms with E-state index in [4.69, 9.17) is 37.4 Å². The molecule has 0 aromatic heterocycles. The number of halogens is 2. The Balaban J connectivity index is 1.76. The fourth-order valence-electron chi connectivity index (χ4n) is 3.74. The number of ether oxygens (including phenoxy) is 3. The van der Waals surface area contributed by atoms with E-state index in [0.29, 0.717) is 33.0 Å². The number of methoxy groups -OCH3 is 2. The number of hydrogen-bond acceptors (Lipinski definition) is 4. The maximum atomic E-state index is 13.2. The van der Waals surface area contributed by atoms with Gasteiger partial charge in [0.25, 0.3) is 5.91 Å². The van der Waals surface area contributed by atoms with Gasteiger partial charge in [0.05, 0.1) is 24.9 Å². The Bertz CT molecular complexity index is 1130. The Labute approximate surface area is 191 Å². The average molecular weight is 458 g/mol. The largest absolute Gasteiger partial charge is 0.493 e. The van der Waals surface area contributed by atoms with E-state index in [1.807, 2.05) is 43.3 Å². The fraction of sp³-hybridized carbons (Fsp3) is 0.208. The molecule has 5 nitrogen and oxygen atoms in total. The molecule has 1 saturated heterocycles. The van der Waals surface area contributed by atoms with Crippen LogP contribution < -0.4 is 19.1 Å². The van der Waals surface area contributed by atoms with Crippen LogP contribution in [0.1, 0.15) is 17.2 Å². The molecule has 1 aliphatic heterocycles. The number of carbonyl (C=O) groups is 1. The van der Waals surface area contributed by atoms with Crippen molar-refractivity contribution in [3.8, 4) is 17.2 Å². The van der Waals surface area contributed by atoms with Crippen LogP contribution in [-0.2, 0) is 4.79 Å². The van der Waals surface area contributed by atoms with Gasteiger partial charge in [-0.05, 0) is 60.5 Å². The van der Waals surface area contributed by atoms with Gasteiger partial charge in [0.15, 0.2) is 11.5 Å². The molecular weight excluding hydrogens is 437 g/mol. The molecule has 0 N–H and O–H groups in total. The topological polar surface area (TPSA) is 48.0 Å². The molecule has 3 aromatic rings. The minimum atomic E-state index is -0.728. The zero-order chi connectivity index (χ0) is 22.1. The van der Waals surface area contributed by atoms with Gasteiger partial charge in [0, 0.05) is 5.02 Å². The molecule has 1 aliphatic rings. The number of para-hydroxylation sites is 1. The Kier molecular flexibility index (Phi) is 5.99. The number of β-lactam (4-membered cyclic amide) rings is 1. The summed E-state index contributed by atoms with van der Waals surface area (Å²) in [7, 11) is 3.15. The monoisotopic (exact) mass is 457 g/mol. The van der Waals surface area contributed by atoms with Gasteiger partial charge in [-0.3, -0.25) is 9.69 Å². The molecule has 0 spiro atoms. The summed E-state index contributed by atoms with van der Waals surface area (Å²) >= 11 is 12.5. The van der Waals surface area contributed by atoms with Crippen molar-refractivity contribution in [2.24, 2.45) is 0 Å². The van der Waals surface area contributed by atoms with E-state index in [1.165, 1.54) is 0 Å². The molecule has 0 bridgehead atoms. The van der Waals surface area contributed by atoms with Gasteiger partial charge in [0.2, 0.25) is 6.10 Å². The average Bonchev–Trinajstić information content (AvgIpc) is 2.77. The first kappa shape index (κ1) is 21.3. The van der Waals surface area contributed by atoms with Crippen LogP contribution in [0.25, 0.3) is 0 Å². The van der Waals surface area contributed by atoms with Crippen molar-refractivity contribution in [2.75, 3.05) is 19.1 Å². The summed E-state index contributed by atoms with van der Waals surface area (Å²) in [4.78, 5) is 14.9. The molecule has 1 heterocycles. The molecule has 31 heavy (non-hydrogen) atoms. The van der Waals surface area contributed by atoms with E-state index in [0.717, 1.165) is 11.1 Å². The molecule has 3 aromatic carbocycles. The highest BCUT2D eigenvalue weighted by molar-refractivity contribution is 6.34. The summed E-state index contributed by atoms with van der Waals surface area (Å²) < 4.78 is 17.0. The van der Waals surface area contributed by atoms with Gasteiger partial charge in [-0.2, -0.15) is 0 Å². The summed E-state index contributed by atoms with van der Waals surface area (Å²) in [5.74, 6) is 1.60. The third-order valence-electron chi connectivity index (χ3n) is 5.30. The van der Waals surface area contributed by atoms with Gasteiger partial charge >= 0.3 is 0 Å². The van der Waals surface area contributed by atoms with Gasteiger partial charge in [-0.25, -0.2) is 0 Å². The van der Waals surface area contributed by atoms with Crippen molar-refractivity contribution in [3.05, 3.63) is 81.8 Å². The van der Waals surface area contributed by atoms with Crippen molar-refractivity contribution in [1.82, 2.24) is 0 Å². The minimum absolute atomic E-state index is 0.178. The van der Waals surface area contributed by atoms with Crippen LogP contribution in [0.15, 0.2) is 60.7 Å². The molecule has 4 rings (SSSR count). The third-order valence-corrected chi connectivity index (χ3v) is 5.85. The molecule has 0 radical (unpaired) electrons. The lowest BCUT2D eigenvalue weighted by atomic mass is 9.89. The van der Waals surface area contributed by atoms with Crippen LogP contribution in [0.4, 0.5) is 5.69 Å². The lowest BCUT2D eigenvalue weighted by Gasteiger charge is -2.47. The molecule has 0 saturated carbocycles. The second-order valence-corrected chi connectivity index (χ2v) is 8.01. The minimum Gasteiger partial charge on any atom is -0.493 e. The second kappa shape index (κ2) is 8.69. The number of anilines is 1. The molecular formula is C24H21Cl2NO4. The maximum Gasteiger partial charge on any atom is 0.271 e. The Hall–Kier alpha value is -2.89. The van der Waals surface area contributed by atoms with Crippen LogP contribution in [0, 0.1) is 6.92 Å². The molecule has 1 fully saturated rings. The number of benzene rings is 3. The third kappa shape index (κ3) is 3.91. The van der Waals surface area contributed by atoms with E-state index < -0.39 is 12.1 Å². The van der Waals surface area contributed by atoms with E-state index >= 15 is 0 Å². The van der Waals surface area contributed by atoms with Gasteiger partial charge in [0.1, 0.15) is 11.8 Å². The van der Waals surface area contributed by atoms with Crippen molar-refractivity contribution >= 4 is 34.8 Å². The van der Waals surface area contributed by atoms with E-state index in [1.54, 1.807) is 43.4 Å². The van der Waals surface area contributed by atoms with Crippen LogP contribution in [0.3, 0.4) is 0 Å². The number of amides is 1. The first-order valence-corrected chi connectivity index (χ1v) is 10.4. The zero-order valence-electron chi connectivity index (χ0n) is 17.3. The number of rotatable bonds is 6. The van der Waals surface area contributed by atoms with Gasteiger partial charge in [-0.15, -0.1) is 0 Å². The number of hydrogen-bond donors (Lipinski definition) is 0. The normalized spacial score (nSPS) is 17.8. The number of nitrogens with zero attached hydrogens (tertiary/aromatic N) is 1. The van der Waals surface area contributed by atoms with E-state index in [-0.39, 0.29) is 5.91 Å². The summed E-state index contributed by atoms with van der Waals surface area (Å²) in [5.41, 5.74) is 2.32. The van der Waals surface area contributed by atoms with Gasteiger partial charge < -0.3 is 14.2 Å². The predicted octanol–water partition coefficient (Wildman–Crippen LogP) is 5.85. The highest BCUT2D eigenvalue weighted by Gasteiger charge is 2.51. The first-order valence-electron chi connectivity index (χ1n) is 9.67. The summed E-state index contributed by atoms with van der Waals surface area (Å²) in [6.45, 7) is 1.89. The molecule has 2 atom stereocenters. The highest BCUT2D eigenvalue weighted by atomic mass is 35.5. The number of carbonyl (C=O) groups excluding carboxylic acids is 1. The quantitative estimate of drug-likeness (QED) is 0.435. The van der Waals surface area contributed by atoms with Crippen LogP contribution in [-0.4, -0.2) is 26.2 Å². The van der Waals surface area contributed by atoms with Crippen molar-refractivity contribution in [3.63, 3.8) is 0 Å². The standard InChI is InChI=1S/C24H21Cl2NO4/c1-14-12-16(25)9-11-19(14)31-23-22(15-8-10-20(29-2)21(13-15)30-3)27(24(23)28)18-7-5-4-6-17(18)26/h4-13,22-23H,1-3H3. The summed E-state index contributed by atoms with van der Waals surface area (Å²) in [6.07, 6.45) is -0.728. The molecule has 160 valence electrons. The van der Waals surface area contributed by atoms with Crippen LogP contribution in [0.5, 0.6) is 17.2 Å². The number of aryl methyl sites for hydroxylation is 1. The second-order valence-electron chi connectivity index (χ2n) is 7.17. The SMILES string of the molecule is COc1ccc(C2C(Oc3ccc(Cl)cc3C)C(=O)N2c2ccccc2Cl)cc1OC. The highest BCUT2D eigenvalue weighted by Crippen LogP contribution is 2.45. The predicted molar refractivity (Wildman–Crippen MR) is 122 cm³/mol. The molecule has 1 amide bonds. The first-order chi connectivity index (χ1) is 14.9. The van der Waals surface area contributed by atoms with Gasteiger partial charge in [-0.1, -0.05) is 41.4 Å². The molecule has 2 unspecified atom stereocenters.